The lowest BCUT2D eigenvalue weighted by atomic mass is 10.1. The fourth-order valence-electron chi connectivity index (χ4n) is 2.20. The van der Waals surface area contributed by atoms with Crippen LogP contribution in [0.25, 0.3) is 0 Å². The molecule has 0 saturated carbocycles. The second kappa shape index (κ2) is 6.41. The summed E-state index contributed by atoms with van der Waals surface area (Å²) in [7, 11) is 3.13. The standard InChI is InChI=1S/C15H18BrN3O2/c1-10(12-6-4-5-7-13(12)16)17-8-11-9-18(2)15(21)19(3)14(11)20/h4-7,9-10,17H,8H2,1-3H3. The average molecular weight is 352 g/mol. The third-order valence-corrected chi connectivity index (χ3v) is 4.21. The first-order valence-electron chi connectivity index (χ1n) is 6.65. The molecule has 1 unspecified atom stereocenters. The smallest absolute Gasteiger partial charge is 0.306 e. The van der Waals surface area contributed by atoms with Crippen molar-refractivity contribution in [1.82, 2.24) is 14.5 Å². The molecular weight excluding hydrogens is 334 g/mol. The zero-order valence-electron chi connectivity index (χ0n) is 12.3. The lowest BCUT2D eigenvalue weighted by Crippen LogP contribution is -2.39. The van der Waals surface area contributed by atoms with Crippen molar-refractivity contribution in [2.24, 2.45) is 14.1 Å². The summed E-state index contributed by atoms with van der Waals surface area (Å²) in [5, 5.41) is 3.31. The van der Waals surface area contributed by atoms with Crippen LogP contribution in [0.5, 0.6) is 0 Å². The van der Waals surface area contributed by atoms with Gasteiger partial charge in [0.25, 0.3) is 5.56 Å². The van der Waals surface area contributed by atoms with Gasteiger partial charge in [-0.05, 0) is 18.6 Å². The molecule has 0 radical (unpaired) electrons. The molecule has 1 aromatic heterocycles. The molecule has 0 aliphatic carbocycles. The highest BCUT2D eigenvalue weighted by atomic mass is 79.9. The maximum atomic E-state index is 12.1. The van der Waals surface area contributed by atoms with Crippen LogP contribution in [0.4, 0.5) is 0 Å². The lowest BCUT2D eigenvalue weighted by molar-refractivity contribution is 0.557. The van der Waals surface area contributed by atoms with Gasteiger partial charge in [0.15, 0.2) is 0 Å². The Morgan fingerprint density at radius 2 is 1.90 bits per heavy atom. The van der Waals surface area contributed by atoms with Crippen LogP contribution in [0.15, 0.2) is 44.5 Å². The Morgan fingerprint density at radius 1 is 1.24 bits per heavy atom. The van der Waals surface area contributed by atoms with Gasteiger partial charge in [-0.1, -0.05) is 34.1 Å². The molecule has 0 saturated heterocycles. The predicted octanol–water partition coefficient (Wildman–Crippen LogP) is 1.70. The number of benzene rings is 1. The first kappa shape index (κ1) is 15.7. The molecule has 0 aliphatic heterocycles. The van der Waals surface area contributed by atoms with Gasteiger partial charge in [0.2, 0.25) is 0 Å². The van der Waals surface area contributed by atoms with E-state index in [9.17, 15) is 9.59 Å². The molecule has 0 spiro atoms. The van der Waals surface area contributed by atoms with Gasteiger partial charge in [-0.2, -0.15) is 0 Å². The van der Waals surface area contributed by atoms with Crippen molar-refractivity contribution in [3.63, 3.8) is 0 Å². The van der Waals surface area contributed by atoms with Crippen molar-refractivity contribution >= 4 is 15.9 Å². The van der Waals surface area contributed by atoms with Gasteiger partial charge in [0.05, 0.1) is 0 Å². The monoisotopic (exact) mass is 351 g/mol. The van der Waals surface area contributed by atoms with E-state index in [1.807, 2.05) is 31.2 Å². The number of nitrogens with zero attached hydrogens (tertiary/aromatic N) is 2. The first-order valence-corrected chi connectivity index (χ1v) is 7.44. The molecule has 1 heterocycles. The molecule has 1 atom stereocenters. The van der Waals surface area contributed by atoms with Gasteiger partial charge in [0, 0.05) is 42.9 Å². The first-order chi connectivity index (χ1) is 9.91. The number of hydrogen-bond donors (Lipinski definition) is 1. The van der Waals surface area contributed by atoms with Crippen LogP contribution in [0, 0.1) is 0 Å². The largest absolute Gasteiger partial charge is 0.330 e. The highest BCUT2D eigenvalue weighted by Crippen LogP contribution is 2.22. The molecule has 5 nitrogen and oxygen atoms in total. The number of hydrogen-bond acceptors (Lipinski definition) is 3. The van der Waals surface area contributed by atoms with Crippen LogP contribution in [0.3, 0.4) is 0 Å². The van der Waals surface area contributed by atoms with E-state index in [0.717, 1.165) is 14.6 Å². The van der Waals surface area contributed by atoms with Crippen LogP contribution < -0.4 is 16.6 Å². The molecule has 0 amide bonds. The van der Waals surface area contributed by atoms with Gasteiger partial charge in [0.1, 0.15) is 0 Å². The molecule has 21 heavy (non-hydrogen) atoms. The van der Waals surface area contributed by atoms with Crippen LogP contribution in [0.1, 0.15) is 24.1 Å². The summed E-state index contributed by atoms with van der Waals surface area (Å²) in [6.45, 7) is 2.44. The normalized spacial score (nSPS) is 12.4. The van der Waals surface area contributed by atoms with E-state index in [1.165, 1.54) is 11.6 Å². The fourth-order valence-corrected chi connectivity index (χ4v) is 2.83. The number of rotatable bonds is 4. The summed E-state index contributed by atoms with van der Waals surface area (Å²) in [6.07, 6.45) is 1.59. The summed E-state index contributed by atoms with van der Waals surface area (Å²) >= 11 is 3.52. The van der Waals surface area contributed by atoms with Gasteiger partial charge in [-0.25, -0.2) is 4.79 Å². The van der Waals surface area contributed by atoms with Gasteiger partial charge in [-0.15, -0.1) is 0 Å². The van der Waals surface area contributed by atoms with Gasteiger partial charge in [-0.3, -0.25) is 9.36 Å². The summed E-state index contributed by atoms with van der Waals surface area (Å²) in [5.41, 5.74) is 1.12. The van der Waals surface area contributed by atoms with E-state index in [0.29, 0.717) is 12.1 Å². The number of nitrogens with one attached hydrogen (secondary N) is 1. The van der Waals surface area contributed by atoms with Crippen LogP contribution in [-0.2, 0) is 20.6 Å². The molecule has 0 fully saturated rings. The van der Waals surface area contributed by atoms with E-state index in [4.69, 9.17) is 0 Å². The number of aromatic nitrogens is 2. The molecular formula is C15H18BrN3O2. The maximum Gasteiger partial charge on any atom is 0.330 e. The lowest BCUT2D eigenvalue weighted by Gasteiger charge is -2.16. The molecule has 0 aliphatic rings. The zero-order valence-corrected chi connectivity index (χ0v) is 13.8. The van der Waals surface area contributed by atoms with Crippen LogP contribution >= 0.6 is 15.9 Å². The van der Waals surface area contributed by atoms with Gasteiger partial charge < -0.3 is 9.88 Å². The third kappa shape index (κ3) is 3.33. The Morgan fingerprint density at radius 3 is 2.57 bits per heavy atom. The Balaban J connectivity index is 2.20. The summed E-state index contributed by atoms with van der Waals surface area (Å²) in [5.74, 6) is 0. The highest BCUT2D eigenvalue weighted by Gasteiger charge is 2.11. The van der Waals surface area contributed by atoms with Crippen molar-refractivity contribution in [2.75, 3.05) is 0 Å². The maximum absolute atomic E-state index is 12.1. The Bertz CT molecular complexity index is 764. The summed E-state index contributed by atoms with van der Waals surface area (Å²) in [6, 6.07) is 8.04. The Hall–Kier alpha value is -1.66. The van der Waals surface area contributed by atoms with Crippen molar-refractivity contribution < 1.29 is 0 Å². The molecule has 1 N–H and O–H groups in total. The third-order valence-electron chi connectivity index (χ3n) is 3.49. The van der Waals surface area contributed by atoms with E-state index in [-0.39, 0.29) is 17.3 Å². The SMILES string of the molecule is CC(NCc1cn(C)c(=O)n(C)c1=O)c1ccccc1Br. The quantitative estimate of drug-likeness (QED) is 0.911. The molecule has 112 valence electrons. The van der Waals surface area contributed by atoms with E-state index >= 15 is 0 Å². The van der Waals surface area contributed by atoms with E-state index < -0.39 is 0 Å². The average Bonchev–Trinajstić information content (AvgIpc) is 2.47. The van der Waals surface area contributed by atoms with E-state index in [1.54, 1.807) is 13.2 Å². The molecule has 2 aromatic rings. The van der Waals surface area contributed by atoms with Crippen LogP contribution in [-0.4, -0.2) is 9.13 Å². The topological polar surface area (TPSA) is 56.0 Å². The number of aryl methyl sites for hydroxylation is 1. The van der Waals surface area contributed by atoms with Crippen molar-refractivity contribution in [3.05, 3.63) is 66.9 Å². The highest BCUT2D eigenvalue weighted by molar-refractivity contribution is 9.10. The predicted molar refractivity (Wildman–Crippen MR) is 86.3 cm³/mol. The number of halogens is 1. The fraction of sp³-hybridized carbons (Fsp3) is 0.333. The van der Waals surface area contributed by atoms with E-state index in [2.05, 4.69) is 21.2 Å². The van der Waals surface area contributed by atoms with Crippen molar-refractivity contribution in [3.8, 4) is 0 Å². The summed E-state index contributed by atoms with van der Waals surface area (Å²) < 4.78 is 3.57. The summed E-state index contributed by atoms with van der Waals surface area (Å²) in [4.78, 5) is 23.7. The Labute approximate surface area is 131 Å². The molecule has 2 rings (SSSR count). The van der Waals surface area contributed by atoms with Crippen molar-refractivity contribution in [2.45, 2.75) is 19.5 Å². The van der Waals surface area contributed by atoms with Gasteiger partial charge >= 0.3 is 5.69 Å². The minimum atomic E-state index is -0.317. The zero-order chi connectivity index (χ0) is 15.6. The minimum Gasteiger partial charge on any atom is -0.306 e. The minimum absolute atomic E-state index is 0.0857. The van der Waals surface area contributed by atoms with Crippen LogP contribution in [0.2, 0.25) is 0 Å². The molecule has 0 bridgehead atoms. The molecule has 6 heteroatoms. The second-order valence-corrected chi connectivity index (χ2v) is 5.89. The molecule has 1 aromatic carbocycles. The van der Waals surface area contributed by atoms with Crippen molar-refractivity contribution in [1.29, 1.82) is 0 Å². The second-order valence-electron chi connectivity index (χ2n) is 5.04. The Kier molecular flexibility index (Phi) is 4.80.